The van der Waals surface area contributed by atoms with Gasteiger partial charge in [-0.1, -0.05) is 178 Å². The van der Waals surface area contributed by atoms with Crippen LogP contribution in [0, 0.1) is 0 Å². The van der Waals surface area contributed by atoms with E-state index in [1.807, 2.05) is 72.8 Å². The van der Waals surface area contributed by atoms with Crippen LogP contribution in [0.4, 0.5) is 0 Å². The van der Waals surface area contributed by atoms with Crippen molar-refractivity contribution < 1.29 is 28.5 Å². The number of rotatable bonds is 33. The summed E-state index contributed by atoms with van der Waals surface area (Å²) in [6.07, 6.45) is 26.4. The zero-order chi connectivity index (χ0) is 42.3. The minimum Gasteiger partial charge on any atom is -0.494 e. The van der Waals surface area contributed by atoms with E-state index in [9.17, 15) is 9.59 Å². The SMILES string of the molecule is CCCCCCCCCCOc1ccc(-c2ccc(C(=O)OCCCCCCCCOC(=O)c3ccc(-c4ccc(OCCCCCCCCCC)cc4)cc3)cc2)cc1. The van der Waals surface area contributed by atoms with Crippen LogP contribution in [0.5, 0.6) is 11.5 Å². The van der Waals surface area contributed by atoms with Crippen molar-refractivity contribution >= 4 is 11.9 Å². The van der Waals surface area contributed by atoms with Crippen LogP contribution in [0.3, 0.4) is 0 Å². The number of hydrogen-bond acceptors (Lipinski definition) is 6. The summed E-state index contributed by atoms with van der Waals surface area (Å²) in [6, 6.07) is 31.6. The zero-order valence-corrected chi connectivity index (χ0v) is 37.1. The number of carbonyl (C=O) groups excluding carboxylic acids is 2. The molecule has 0 saturated heterocycles. The molecule has 6 nitrogen and oxygen atoms in total. The van der Waals surface area contributed by atoms with E-state index in [0.717, 1.165) is 98.3 Å². The van der Waals surface area contributed by atoms with Gasteiger partial charge < -0.3 is 18.9 Å². The lowest BCUT2D eigenvalue weighted by molar-refractivity contribution is 0.0484. The van der Waals surface area contributed by atoms with Crippen molar-refractivity contribution in [1.29, 1.82) is 0 Å². The molecule has 0 aliphatic heterocycles. The fourth-order valence-electron chi connectivity index (χ4n) is 7.34. The maximum absolute atomic E-state index is 12.6. The summed E-state index contributed by atoms with van der Waals surface area (Å²) < 4.78 is 23.0. The largest absolute Gasteiger partial charge is 0.494 e. The number of unbranched alkanes of at least 4 members (excludes halogenated alkanes) is 19. The molecule has 0 saturated carbocycles. The lowest BCUT2D eigenvalue weighted by Crippen LogP contribution is -2.06. The van der Waals surface area contributed by atoms with Gasteiger partial charge in [0.1, 0.15) is 11.5 Å². The highest BCUT2D eigenvalue weighted by atomic mass is 16.5. The number of hydrogen-bond donors (Lipinski definition) is 0. The minimum atomic E-state index is -0.286. The maximum Gasteiger partial charge on any atom is 0.338 e. The highest BCUT2D eigenvalue weighted by Crippen LogP contribution is 2.25. The Morgan fingerprint density at radius 2 is 0.567 bits per heavy atom. The Labute approximate surface area is 362 Å². The smallest absolute Gasteiger partial charge is 0.338 e. The van der Waals surface area contributed by atoms with E-state index in [2.05, 4.69) is 38.1 Å². The van der Waals surface area contributed by atoms with Crippen molar-refractivity contribution in [3.63, 3.8) is 0 Å². The molecule has 0 aromatic heterocycles. The highest BCUT2D eigenvalue weighted by molar-refractivity contribution is 5.90. The van der Waals surface area contributed by atoms with Crippen LogP contribution >= 0.6 is 0 Å². The van der Waals surface area contributed by atoms with Crippen molar-refractivity contribution in [2.45, 2.75) is 155 Å². The van der Waals surface area contributed by atoms with E-state index >= 15 is 0 Å². The number of benzene rings is 4. The van der Waals surface area contributed by atoms with E-state index in [4.69, 9.17) is 18.9 Å². The van der Waals surface area contributed by atoms with Gasteiger partial charge in [0.05, 0.1) is 37.6 Å². The second-order valence-electron chi connectivity index (χ2n) is 16.2. The Balaban J connectivity index is 0.986. The predicted octanol–water partition coefficient (Wildman–Crippen LogP) is 15.4. The maximum atomic E-state index is 12.6. The highest BCUT2D eigenvalue weighted by Gasteiger charge is 2.10. The number of carbonyl (C=O) groups is 2. The molecule has 0 heterocycles. The third-order valence-electron chi connectivity index (χ3n) is 11.2. The van der Waals surface area contributed by atoms with Gasteiger partial charge in [-0.05, 0) is 96.5 Å². The standard InChI is InChI=1S/C54H74O6/c1-3-5-7-9-11-13-17-21-41-57-51-37-33-47(34-38-51)45-25-29-49(30-26-45)53(55)59-43-23-19-15-16-20-24-44-60-54(56)50-31-27-46(28-32-50)48-35-39-52(40-36-48)58-42-22-18-14-12-10-8-6-4-2/h25-40H,3-24,41-44H2,1-2H3. The average molecular weight is 819 g/mol. The molecule has 326 valence electrons. The van der Waals surface area contributed by atoms with Crippen LogP contribution in [-0.2, 0) is 9.47 Å². The first-order valence-electron chi connectivity index (χ1n) is 23.6. The molecule has 0 spiro atoms. The first-order valence-corrected chi connectivity index (χ1v) is 23.6. The van der Waals surface area contributed by atoms with E-state index in [-0.39, 0.29) is 11.9 Å². The van der Waals surface area contributed by atoms with E-state index in [1.54, 1.807) is 0 Å². The van der Waals surface area contributed by atoms with Crippen LogP contribution in [-0.4, -0.2) is 38.4 Å². The topological polar surface area (TPSA) is 71.1 Å². The summed E-state index contributed by atoms with van der Waals surface area (Å²) >= 11 is 0. The van der Waals surface area contributed by atoms with Gasteiger partial charge >= 0.3 is 11.9 Å². The van der Waals surface area contributed by atoms with Crippen LogP contribution < -0.4 is 9.47 Å². The van der Waals surface area contributed by atoms with Gasteiger partial charge in [-0.25, -0.2) is 9.59 Å². The summed E-state index contributed by atoms with van der Waals surface area (Å²) in [7, 11) is 0. The fraction of sp³-hybridized carbons (Fsp3) is 0.519. The molecule has 4 aromatic rings. The lowest BCUT2D eigenvalue weighted by Gasteiger charge is -2.09. The first kappa shape index (κ1) is 48.1. The number of esters is 2. The van der Waals surface area contributed by atoms with Crippen molar-refractivity contribution in [3.05, 3.63) is 108 Å². The van der Waals surface area contributed by atoms with Crippen molar-refractivity contribution in [2.24, 2.45) is 0 Å². The van der Waals surface area contributed by atoms with Gasteiger partial charge in [0, 0.05) is 0 Å². The molecule has 0 aliphatic rings. The summed E-state index contributed by atoms with van der Waals surface area (Å²) in [4.78, 5) is 25.2. The molecule has 0 atom stereocenters. The predicted molar refractivity (Wildman–Crippen MR) is 248 cm³/mol. The lowest BCUT2D eigenvalue weighted by atomic mass is 10.0. The summed E-state index contributed by atoms with van der Waals surface area (Å²) in [5.41, 5.74) is 5.41. The Kier molecular flexibility index (Phi) is 24.4. The van der Waals surface area contributed by atoms with Crippen LogP contribution in [0.1, 0.15) is 176 Å². The molecule has 0 radical (unpaired) electrons. The minimum absolute atomic E-state index is 0.286. The van der Waals surface area contributed by atoms with E-state index in [0.29, 0.717) is 24.3 Å². The molecule has 0 amide bonds. The van der Waals surface area contributed by atoms with Gasteiger partial charge in [0.25, 0.3) is 0 Å². The monoisotopic (exact) mass is 819 g/mol. The molecule has 4 aromatic carbocycles. The molecule has 0 N–H and O–H groups in total. The van der Waals surface area contributed by atoms with Gasteiger partial charge in [-0.15, -0.1) is 0 Å². The van der Waals surface area contributed by atoms with Crippen LogP contribution in [0.2, 0.25) is 0 Å². The van der Waals surface area contributed by atoms with Crippen molar-refractivity contribution in [3.8, 4) is 33.8 Å². The van der Waals surface area contributed by atoms with Crippen molar-refractivity contribution in [2.75, 3.05) is 26.4 Å². The molecule has 6 heteroatoms. The molecule has 0 unspecified atom stereocenters. The second-order valence-corrected chi connectivity index (χ2v) is 16.2. The summed E-state index contributed by atoms with van der Waals surface area (Å²) in [5, 5.41) is 0. The third kappa shape index (κ3) is 19.7. The average Bonchev–Trinajstić information content (AvgIpc) is 3.29. The van der Waals surface area contributed by atoms with Gasteiger partial charge in [0.2, 0.25) is 0 Å². The number of ether oxygens (including phenoxy) is 4. The third-order valence-corrected chi connectivity index (χ3v) is 11.2. The Hall–Kier alpha value is -4.58. The van der Waals surface area contributed by atoms with Gasteiger partial charge in [-0.2, -0.15) is 0 Å². The molecule has 0 fully saturated rings. The van der Waals surface area contributed by atoms with Gasteiger partial charge in [-0.3, -0.25) is 0 Å². The van der Waals surface area contributed by atoms with E-state index in [1.165, 1.54) is 89.9 Å². The Bertz CT molecular complexity index is 1570. The summed E-state index contributed by atoms with van der Waals surface area (Å²) in [6.45, 7) is 6.86. The molecule has 0 bridgehead atoms. The fourth-order valence-corrected chi connectivity index (χ4v) is 7.34. The van der Waals surface area contributed by atoms with Gasteiger partial charge in [0.15, 0.2) is 0 Å². The molecule has 0 aliphatic carbocycles. The Morgan fingerprint density at radius 1 is 0.317 bits per heavy atom. The molecular weight excluding hydrogens is 745 g/mol. The first-order chi connectivity index (χ1) is 29.6. The molecule has 4 rings (SSSR count). The normalized spacial score (nSPS) is 11.0. The quantitative estimate of drug-likeness (QED) is 0.0352. The Morgan fingerprint density at radius 3 is 0.867 bits per heavy atom. The van der Waals surface area contributed by atoms with E-state index < -0.39 is 0 Å². The summed E-state index contributed by atoms with van der Waals surface area (Å²) in [5.74, 6) is 1.22. The zero-order valence-electron chi connectivity index (χ0n) is 37.1. The molecular formula is C54H74O6. The molecule has 60 heavy (non-hydrogen) atoms. The van der Waals surface area contributed by atoms with Crippen LogP contribution in [0.25, 0.3) is 22.3 Å². The van der Waals surface area contributed by atoms with Crippen LogP contribution in [0.15, 0.2) is 97.1 Å². The van der Waals surface area contributed by atoms with Crippen molar-refractivity contribution in [1.82, 2.24) is 0 Å². The second kappa shape index (κ2) is 30.4.